The van der Waals surface area contributed by atoms with E-state index in [1.807, 2.05) is 0 Å². The lowest BCUT2D eigenvalue weighted by Gasteiger charge is -2.29. The summed E-state index contributed by atoms with van der Waals surface area (Å²) in [5.41, 5.74) is 0. The van der Waals surface area contributed by atoms with Gasteiger partial charge in [0.15, 0.2) is 5.90 Å². The third-order valence-corrected chi connectivity index (χ3v) is 3.94. The molecule has 1 heterocycles. The number of ether oxygens (including phenoxy) is 1. The van der Waals surface area contributed by atoms with Gasteiger partial charge in [-0.25, -0.2) is 0 Å². The van der Waals surface area contributed by atoms with Gasteiger partial charge in [-0.05, 0) is 31.6 Å². The van der Waals surface area contributed by atoms with Crippen LogP contribution in [0.1, 0.15) is 51.4 Å². The lowest BCUT2D eigenvalue weighted by molar-refractivity contribution is 0.250. The third-order valence-electron chi connectivity index (χ3n) is 3.94. The van der Waals surface area contributed by atoms with Crippen molar-refractivity contribution in [3.63, 3.8) is 0 Å². The molecule has 2 rings (SSSR count). The highest BCUT2D eigenvalue weighted by Gasteiger charge is 2.29. The fourth-order valence-corrected chi connectivity index (χ4v) is 3.10. The van der Waals surface area contributed by atoms with Crippen molar-refractivity contribution in [1.82, 2.24) is 0 Å². The van der Waals surface area contributed by atoms with E-state index >= 15 is 0 Å². The third kappa shape index (κ3) is 2.73. The van der Waals surface area contributed by atoms with Crippen molar-refractivity contribution in [3.8, 4) is 0 Å². The Morgan fingerprint density at radius 2 is 1.73 bits per heavy atom. The van der Waals surface area contributed by atoms with Crippen LogP contribution >= 0.6 is 0 Å². The number of aliphatic imine (C=N–C) groups is 1. The minimum Gasteiger partial charge on any atom is -0.484 e. The molecule has 0 spiro atoms. The van der Waals surface area contributed by atoms with E-state index < -0.39 is 0 Å². The highest BCUT2D eigenvalue weighted by molar-refractivity contribution is 5.79. The molecule has 2 heteroatoms. The molecule has 1 aliphatic heterocycles. The van der Waals surface area contributed by atoms with Gasteiger partial charge in [-0.1, -0.05) is 25.7 Å². The monoisotopic (exact) mass is 209 g/mol. The summed E-state index contributed by atoms with van der Waals surface area (Å²) in [5, 5.41) is 0. The van der Waals surface area contributed by atoms with Gasteiger partial charge in [0.25, 0.3) is 0 Å². The van der Waals surface area contributed by atoms with Crippen molar-refractivity contribution < 1.29 is 4.74 Å². The summed E-state index contributed by atoms with van der Waals surface area (Å²) in [6, 6.07) is 0. The molecule has 2 aliphatic rings. The minimum absolute atomic E-state index is 0.637. The van der Waals surface area contributed by atoms with E-state index in [2.05, 4.69) is 4.99 Å². The maximum absolute atomic E-state index is 5.49. The number of hydrogen-bond acceptors (Lipinski definition) is 2. The van der Waals surface area contributed by atoms with E-state index in [9.17, 15) is 0 Å². The van der Waals surface area contributed by atoms with Crippen molar-refractivity contribution in [3.05, 3.63) is 0 Å². The van der Waals surface area contributed by atoms with Crippen LogP contribution in [0.5, 0.6) is 0 Å². The summed E-state index contributed by atoms with van der Waals surface area (Å²) in [6.45, 7) is 0.979. The van der Waals surface area contributed by atoms with Crippen molar-refractivity contribution >= 4 is 5.90 Å². The summed E-state index contributed by atoms with van der Waals surface area (Å²) in [4.78, 5) is 4.59. The fourth-order valence-electron chi connectivity index (χ4n) is 3.10. The molecule has 0 radical (unpaired) electrons. The number of methoxy groups -OCH3 is 1. The molecule has 0 aromatic heterocycles. The van der Waals surface area contributed by atoms with Gasteiger partial charge in [0.05, 0.1) is 7.11 Å². The van der Waals surface area contributed by atoms with Crippen molar-refractivity contribution in [2.45, 2.75) is 51.4 Å². The van der Waals surface area contributed by atoms with Crippen LogP contribution in [0, 0.1) is 11.8 Å². The Balaban J connectivity index is 2.02. The average Bonchev–Trinajstić information content (AvgIpc) is 2.55. The van der Waals surface area contributed by atoms with E-state index in [-0.39, 0.29) is 0 Å². The zero-order chi connectivity index (χ0) is 10.5. The predicted octanol–water partition coefficient (Wildman–Crippen LogP) is 3.41. The molecular weight excluding hydrogens is 186 g/mol. The number of hydrogen-bond donors (Lipinski definition) is 0. The van der Waals surface area contributed by atoms with Crippen LogP contribution in [0.25, 0.3) is 0 Å². The van der Waals surface area contributed by atoms with Gasteiger partial charge in [0.2, 0.25) is 0 Å². The van der Waals surface area contributed by atoms with E-state index in [0.29, 0.717) is 5.92 Å². The lowest BCUT2D eigenvalue weighted by Crippen LogP contribution is -2.26. The molecule has 86 valence electrons. The Morgan fingerprint density at radius 3 is 2.47 bits per heavy atom. The van der Waals surface area contributed by atoms with Crippen LogP contribution in [0.2, 0.25) is 0 Å². The van der Waals surface area contributed by atoms with Crippen LogP contribution in [-0.2, 0) is 4.74 Å². The molecule has 2 nitrogen and oxygen atoms in total. The zero-order valence-corrected chi connectivity index (χ0v) is 9.87. The van der Waals surface area contributed by atoms with Gasteiger partial charge in [-0.3, -0.25) is 4.99 Å². The Labute approximate surface area is 93.1 Å². The van der Waals surface area contributed by atoms with Gasteiger partial charge in [-0.2, -0.15) is 0 Å². The van der Waals surface area contributed by atoms with Gasteiger partial charge < -0.3 is 4.74 Å². The van der Waals surface area contributed by atoms with Crippen molar-refractivity contribution in [2.24, 2.45) is 16.8 Å². The highest BCUT2D eigenvalue weighted by Crippen LogP contribution is 2.34. The molecule has 0 saturated heterocycles. The molecule has 1 fully saturated rings. The van der Waals surface area contributed by atoms with Crippen LogP contribution in [0.15, 0.2) is 4.99 Å². The zero-order valence-electron chi connectivity index (χ0n) is 9.87. The van der Waals surface area contributed by atoms with E-state index in [4.69, 9.17) is 4.74 Å². The summed E-state index contributed by atoms with van der Waals surface area (Å²) in [5.74, 6) is 2.55. The van der Waals surface area contributed by atoms with Crippen molar-refractivity contribution in [1.29, 1.82) is 0 Å². The quantitative estimate of drug-likeness (QED) is 0.648. The molecule has 0 aromatic carbocycles. The topological polar surface area (TPSA) is 21.6 Å². The van der Waals surface area contributed by atoms with Gasteiger partial charge in [0.1, 0.15) is 0 Å². The second-order valence-corrected chi connectivity index (χ2v) is 4.92. The first kappa shape index (κ1) is 11.0. The first-order chi connectivity index (χ1) is 7.42. The van der Waals surface area contributed by atoms with Crippen molar-refractivity contribution in [2.75, 3.05) is 13.7 Å². The molecule has 0 bridgehead atoms. The normalized spacial score (nSPS) is 29.4. The molecule has 0 N–H and O–H groups in total. The summed E-state index contributed by atoms with van der Waals surface area (Å²) in [7, 11) is 1.79. The second-order valence-electron chi connectivity index (χ2n) is 4.92. The maximum Gasteiger partial charge on any atom is 0.186 e. The Kier molecular flexibility index (Phi) is 4.04. The minimum atomic E-state index is 0.637. The first-order valence-electron chi connectivity index (χ1n) is 6.50. The predicted molar refractivity (Wildman–Crippen MR) is 63.2 cm³/mol. The maximum atomic E-state index is 5.49. The standard InChI is InChI=1S/C13H23NO/c1-15-13-12(9-5-6-10-14-13)11-7-3-2-4-8-11/h11-12H,2-10H2,1H3. The van der Waals surface area contributed by atoms with Crippen LogP contribution < -0.4 is 0 Å². The molecule has 1 aliphatic carbocycles. The number of rotatable bonds is 1. The van der Waals surface area contributed by atoms with E-state index in [1.54, 1.807) is 7.11 Å². The molecule has 0 aromatic rings. The van der Waals surface area contributed by atoms with Crippen LogP contribution in [0.3, 0.4) is 0 Å². The summed E-state index contributed by atoms with van der Waals surface area (Å²) >= 11 is 0. The summed E-state index contributed by atoms with van der Waals surface area (Å²) < 4.78 is 5.49. The SMILES string of the molecule is COC1=NCCCCC1C1CCCCC1. The molecule has 1 saturated carbocycles. The number of nitrogens with zero attached hydrogens (tertiary/aromatic N) is 1. The fraction of sp³-hybridized carbons (Fsp3) is 0.923. The average molecular weight is 209 g/mol. The molecule has 1 atom stereocenters. The second kappa shape index (κ2) is 5.53. The molecule has 15 heavy (non-hydrogen) atoms. The van der Waals surface area contributed by atoms with Gasteiger partial charge in [0, 0.05) is 12.5 Å². The Morgan fingerprint density at radius 1 is 1.00 bits per heavy atom. The Bertz CT molecular complexity index is 219. The lowest BCUT2D eigenvalue weighted by atomic mass is 9.78. The van der Waals surface area contributed by atoms with E-state index in [0.717, 1.165) is 18.4 Å². The Hall–Kier alpha value is -0.530. The van der Waals surface area contributed by atoms with E-state index in [1.165, 1.54) is 51.4 Å². The van der Waals surface area contributed by atoms with Gasteiger partial charge >= 0.3 is 0 Å². The molecule has 1 unspecified atom stereocenters. The molecular formula is C13H23NO. The highest BCUT2D eigenvalue weighted by atomic mass is 16.5. The molecule has 0 amide bonds. The van der Waals surface area contributed by atoms with Gasteiger partial charge in [-0.15, -0.1) is 0 Å². The van der Waals surface area contributed by atoms with Crippen LogP contribution in [-0.4, -0.2) is 19.6 Å². The summed E-state index contributed by atoms with van der Waals surface area (Å²) in [6.07, 6.45) is 10.9. The largest absolute Gasteiger partial charge is 0.484 e. The first-order valence-corrected chi connectivity index (χ1v) is 6.50. The van der Waals surface area contributed by atoms with Crippen LogP contribution in [0.4, 0.5) is 0 Å². The smallest absolute Gasteiger partial charge is 0.186 e.